The number of hydrogen-bond donors (Lipinski definition) is 0. The molecule has 23 atom stereocenters. The zero-order valence-electron chi connectivity index (χ0n) is 78.5. The van der Waals surface area contributed by atoms with E-state index >= 15 is 0 Å². The molecule has 0 radical (unpaired) electrons. The number of anilines is 3. The van der Waals surface area contributed by atoms with Crippen LogP contribution in [0.5, 0.6) is 0 Å². The maximum atomic E-state index is 2.92. The molecule has 11 aromatic rings. The number of nitrogens with zero attached hydrogens (tertiary/aromatic N) is 2. The molecule has 14 aliphatic carbocycles. The molecule has 25 rings (SSSR count). The van der Waals surface area contributed by atoms with Crippen molar-refractivity contribution in [2.75, 3.05) is 4.90 Å². The van der Waals surface area contributed by atoms with Crippen molar-refractivity contribution in [2.24, 2.45) is 153 Å². The van der Waals surface area contributed by atoms with Crippen LogP contribution in [0.25, 0.3) is 83.1 Å². The Balaban J connectivity index is 0.470. The Morgan fingerprint density at radius 1 is 0.273 bits per heavy atom. The predicted molar refractivity (Wildman–Crippen MR) is 537 cm³/mol. The van der Waals surface area contributed by atoms with Gasteiger partial charge in [0.25, 0.3) is 0 Å². The molecule has 660 valence electrons. The van der Waals surface area contributed by atoms with E-state index in [-0.39, 0.29) is 5.41 Å². The average molecular weight is 1690 g/mol. The Morgan fingerprint density at radius 2 is 0.688 bits per heavy atom. The van der Waals surface area contributed by atoms with Crippen molar-refractivity contribution in [3.8, 4) is 61.3 Å². The number of para-hydroxylation sites is 2. The maximum Gasteiger partial charge on any atom is 0.0541 e. The minimum atomic E-state index is -0.254. The molecule has 0 amide bonds. The smallest absolute Gasteiger partial charge is 0.0541 e. The quantitative estimate of drug-likeness (QED) is 0.105. The molecule has 13 saturated carbocycles. The number of benzene rings is 10. The van der Waals surface area contributed by atoms with Gasteiger partial charge in [0, 0.05) is 38.9 Å². The van der Waals surface area contributed by atoms with E-state index in [4.69, 9.17) is 0 Å². The minimum Gasteiger partial charge on any atom is -0.310 e. The van der Waals surface area contributed by atoms with E-state index < -0.39 is 0 Å². The Bertz CT molecular complexity index is 5810. The average Bonchev–Trinajstić information content (AvgIpc) is 1.56. The SMILES string of the molecule is CC1(C)c2cc(N(c3ccc(-c4cccc(-c5ccccc5)c4)cc3)c3ccc(-c4ccc(C5CCC6C(C5)C5CCCCC5C6C5CCC6C7CCC(C(C8CCCCC8)C8CCC9C%10CCC(C%11C%12CCCCC%12C%12CCCCC%12%11)CC%10C(C)(C)C9C8)CC7C(C)(C)C6C5)c(-c5ccccc5)c4)cc3)ccc2-c2ccc(-n3c4ccccc4c4ccccc43)cc21. The molecule has 0 bridgehead atoms. The van der Waals surface area contributed by atoms with E-state index in [1.165, 1.54) is 164 Å². The van der Waals surface area contributed by atoms with Crippen LogP contribution in [0.3, 0.4) is 0 Å². The first-order valence-electron chi connectivity index (χ1n) is 53.4. The van der Waals surface area contributed by atoms with Crippen molar-refractivity contribution in [1.82, 2.24) is 4.57 Å². The fourth-order valence-electron chi connectivity index (χ4n) is 36.8. The highest BCUT2D eigenvalue weighted by Crippen LogP contribution is 2.73. The van der Waals surface area contributed by atoms with Crippen LogP contribution in [-0.4, -0.2) is 4.57 Å². The van der Waals surface area contributed by atoms with Crippen molar-refractivity contribution in [3.63, 3.8) is 0 Å². The van der Waals surface area contributed by atoms with Gasteiger partial charge in [-0.25, -0.2) is 0 Å². The molecule has 2 heteroatoms. The van der Waals surface area contributed by atoms with Gasteiger partial charge in [0.2, 0.25) is 0 Å². The summed E-state index contributed by atoms with van der Waals surface area (Å²) in [6.45, 7) is 16.5. The van der Waals surface area contributed by atoms with Crippen LogP contribution in [0.1, 0.15) is 270 Å². The molecule has 1 aromatic heterocycles. The van der Waals surface area contributed by atoms with E-state index in [0.29, 0.717) is 16.7 Å². The number of aromatic nitrogens is 1. The van der Waals surface area contributed by atoms with Gasteiger partial charge in [-0.15, -0.1) is 0 Å². The molecule has 10 aromatic carbocycles. The lowest BCUT2D eigenvalue weighted by Gasteiger charge is -2.50. The van der Waals surface area contributed by atoms with E-state index in [1.807, 2.05) is 0 Å². The monoisotopic (exact) mass is 1690 g/mol. The van der Waals surface area contributed by atoms with Crippen molar-refractivity contribution in [2.45, 2.75) is 258 Å². The zero-order chi connectivity index (χ0) is 85.4. The highest BCUT2D eigenvalue weighted by Gasteiger charge is 2.65. The molecule has 0 saturated heterocycles. The number of fused-ring (bicyclic) bond motifs is 18. The molecular weight excluding hydrogens is 1540 g/mol. The van der Waals surface area contributed by atoms with Crippen molar-refractivity contribution < 1.29 is 0 Å². The lowest BCUT2D eigenvalue weighted by molar-refractivity contribution is -0.00800. The van der Waals surface area contributed by atoms with Crippen molar-refractivity contribution in [3.05, 3.63) is 253 Å². The van der Waals surface area contributed by atoms with Crippen LogP contribution < -0.4 is 4.90 Å². The van der Waals surface area contributed by atoms with Crippen molar-refractivity contribution >= 4 is 38.9 Å². The summed E-state index contributed by atoms with van der Waals surface area (Å²) in [7, 11) is 0. The summed E-state index contributed by atoms with van der Waals surface area (Å²) in [4.78, 5) is 2.51. The van der Waals surface area contributed by atoms with Gasteiger partial charge < -0.3 is 9.47 Å². The summed E-state index contributed by atoms with van der Waals surface area (Å²) in [5.74, 6) is 24.6. The largest absolute Gasteiger partial charge is 0.310 e. The first-order chi connectivity index (χ1) is 62.7. The molecule has 14 aliphatic rings. The Labute approximate surface area is 768 Å². The highest BCUT2D eigenvalue weighted by atomic mass is 15.1. The van der Waals surface area contributed by atoms with Crippen LogP contribution in [0.4, 0.5) is 17.1 Å². The van der Waals surface area contributed by atoms with Crippen LogP contribution in [0.15, 0.2) is 237 Å². The Hall–Kier alpha value is -8.20. The Kier molecular flexibility index (Phi) is 20.8. The van der Waals surface area contributed by atoms with Crippen LogP contribution >= 0.6 is 0 Å². The summed E-state index contributed by atoms with van der Waals surface area (Å²) >= 11 is 0. The van der Waals surface area contributed by atoms with Crippen molar-refractivity contribution in [1.29, 1.82) is 0 Å². The second-order valence-corrected chi connectivity index (χ2v) is 47.8. The number of rotatable bonds is 14. The maximum absolute atomic E-state index is 2.92. The van der Waals surface area contributed by atoms with E-state index in [0.717, 1.165) is 153 Å². The molecule has 13 fully saturated rings. The number of hydrogen-bond acceptors (Lipinski definition) is 1. The van der Waals surface area contributed by atoms with Gasteiger partial charge in [-0.1, -0.05) is 276 Å². The van der Waals surface area contributed by atoms with Gasteiger partial charge in [-0.3, -0.25) is 0 Å². The van der Waals surface area contributed by atoms with Gasteiger partial charge in [0.1, 0.15) is 0 Å². The van der Waals surface area contributed by atoms with Gasteiger partial charge in [0.15, 0.2) is 0 Å². The molecule has 1 heterocycles. The van der Waals surface area contributed by atoms with Crippen LogP contribution in [-0.2, 0) is 5.41 Å². The summed E-state index contributed by atoms with van der Waals surface area (Å²) < 4.78 is 2.48. The van der Waals surface area contributed by atoms with Crippen LogP contribution in [0, 0.1) is 153 Å². The fraction of sp³-hybridized carbons (Fsp3) is 0.524. The minimum absolute atomic E-state index is 0.254. The van der Waals surface area contributed by atoms with Gasteiger partial charge in [-0.2, -0.15) is 0 Å². The summed E-state index contributed by atoms with van der Waals surface area (Å²) in [6, 6.07) is 90.7. The molecular formula is C126H146N2. The first-order valence-corrected chi connectivity index (χ1v) is 53.4. The fourth-order valence-corrected chi connectivity index (χ4v) is 36.8. The third-order valence-corrected chi connectivity index (χ3v) is 41.9. The first kappa shape index (κ1) is 81.8. The molecule has 0 aliphatic heterocycles. The lowest BCUT2D eigenvalue weighted by atomic mass is 9.55. The normalized spacial score (nSPS) is 34.3. The molecule has 2 nitrogen and oxygen atoms in total. The molecule has 0 spiro atoms. The topological polar surface area (TPSA) is 8.17 Å². The zero-order valence-corrected chi connectivity index (χ0v) is 78.5. The van der Waals surface area contributed by atoms with E-state index in [2.05, 4.69) is 288 Å². The second-order valence-electron chi connectivity index (χ2n) is 47.8. The van der Waals surface area contributed by atoms with Gasteiger partial charge in [-0.05, 0) is 439 Å². The molecule has 23 unspecified atom stereocenters. The van der Waals surface area contributed by atoms with E-state index in [9.17, 15) is 0 Å². The molecule has 128 heavy (non-hydrogen) atoms. The predicted octanol–water partition coefficient (Wildman–Crippen LogP) is 34.8. The third-order valence-electron chi connectivity index (χ3n) is 41.9. The van der Waals surface area contributed by atoms with Gasteiger partial charge in [0.05, 0.1) is 11.0 Å². The summed E-state index contributed by atoms with van der Waals surface area (Å²) in [5.41, 5.74) is 25.2. The highest BCUT2D eigenvalue weighted by molar-refractivity contribution is 6.09. The molecule has 0 N–H and O–H groups in total. The lowest BCUT2D eigenvalue weighted by Crippen LogP contribution is -2.42. The third kappa shape index (κ3) is 13.5. The standard InChI is InChI=1S/C126H146N2/c1-124(2)113-72-87(51-62-99(113)101-64-53-89(74-115(101)124)122-107-40-19-16-35-96(107)97-36-17-20-41-108(97)122)121(82-31-14-9-15-32-82)88-52-63-100-102-65-54-90(75-116(102)125(3,4)114(100)73-88)123-109-42-21-18-37-98(109)112-71-86(50-66-110(112)123)95-61-49-85(70-111(95)81-29-12-8-13-30-81)80-47-57-92(58-48-80)127(91-55-45-79(46-56-91)84-34-26-33-83(69-84)78-27-10-7-11-28-78)93-59-67-103-104-68-60-94(77-118(104)126(5,6)117(103)76-93)128-119-43-24-22-38-105(119)106-39-23-25-44-120(106)128/h7-8,10-13,22-30,33-34,38-39,43-49,55-61,67-70,76-77,82,86-90,96-102,107-110,112-116,121-123H,9,14-21,31-32,35-37,40-42,50-54,62-66,71-75H2,1-6H3. The van der Waals surface area contributed by atoms with Gasteiger partial charge >= 0.3 is 0 Å². The summed E-state index contributed by atoms with van der Waals surface area (Å²) in [5, 5.41) is 2.58. The Morgan fingerprint density at radius 3 is 1.23 bits per heavy atom. The second kappa shape index (κ2) is 32.6. The summed E-state index contributed by atoms with van der Waals surface area (Å²) in [6.07, 6.45) is 49.5. The van der Waals surface area contributed by atoms with E-state index in [1.54, 1.807) is 147 Å². The van der Waals surface area contributed by atoms with Crippen LogP contribution in [0.2, 0.25) is 0 Å².